The van der Waals surface area contributed by atoms with Crippen LogP contribution in [0.15, 0.2) is 12.1 Å². The van der Waals surface area contributed by atoms with Gasteiger partial charge >= 0.3 is 0 Å². The molecule has 0 bridgehead atoms. The Morgan fingerprint density at radius 1 is 1.00 bits per heavy atom. The lowest BCUT2D eigenvalue weighted by Crippen LogP contribution is -2.19. The SMILES string of the molecule is Fc1c(OCC2CCC2)ccc(OC2CC2)c1F. The van der Waals surface area contributed by atoms with Crippen molar-refractivity contribution < 1.29 is 18.3 Å². The van der Waals surface area contributed by atoms with Crippen LogP contribution in [0, 0.1) is 17.6 Å². The van der Waals surface area contributed by atoms with E-state index in [9.17, 15) is 8.78 Å². The minimum atomic E-state index is -0.938. The van der Waals surface area contributed by atoms with Gasteiger partial charge in [0.2, 0.25) is 11.6 Å². The van der Waals surface area contributed by atoms with Gasteiger partial charge < -0.3 is 9.47 Å². The molecule has 0 aliphatic heterocycles. The summed E-state index contributed by atoms with van der Waals surface area (Å²) < 4.78 is 38.0. The van der Waals surface area contributed by atoms with Crippen LogP contribution in [-0.2, 0) is 0 Å². The topological polar surface area (TPSA) is 18.5 Å². The van der Waals surface area contributed by atoms with E-state index in [2.05, 4.69) is 0 Å². The molecular weight excluding hydrogens is 238 g/mol. The van der Waals surface area contributed by atoms with Gasteiger partial charge in [0.25, 0.3) is 0 Å². The molecule has 2 aliphatic rings. The van der Waals surface area contributed by atoms with Crippen LogP contribution in [0.3, 0.4) is 0 Å². The van der Waals surface area contributed by atoms with Gasteiger partial charge in [0, 0.05) is 0 Å². The molecule has 0 N–H and O–H groups in total. The van der Waals surface area contributed by atoms with Gasteiger partial charge in [0.15, 0.2) is 11.5 Å². The molecule has 0 radical (unpaired) electrons. The first-order chi connectivity index (χ1) is 8.74. The predicted octanol–water partition coefficient (Wildman–Crippen LogP) is 3.68. The molecule has 2 fully saturated rings. The molecule has 0 spiro atoms. The van der Waals surface area contributed by atoms with E-state index < -0.39 is 11.6 Å². The number of hydrogen-bond acceptors (Lipinski definition) is 2. The lowest BCUT2D eigenvalue weighted by molar-refractivity contribution is 0.173. The minimum absolute atomic E-state index is 0.00834. The lowest BCUT2D eigenvalue weighted by Gasteiger charge is -2.25. The van der Waals surface area contributed by atoms with Gasteiger partial charge in [-0.15, -0.1) is 0 Å². The Morgan fingerprint density at radius 3 is 2.28 bits per heavy atom. The second-order valence-corrected chi connectivity index (χ2v) is 5.11. The molecule has 0 heterocycles. The smallest absolute Gasteiger partial charge is 0.204 e. The normalized spacial score (nSPS) is 19.4. The van der Waals surface area contributed by atoms with Crippen molar-refractivity contribution in [3.8, 4) is 11.5 Å². The van der Waals surface area contributed by atoms with Gasteiger partial charge in [0.1, 0.15) is 0 Å². The summed E-state index contributed by atoms with van der Waals surface area (Å²) in [5, 5.41) is 0. The van der Waals surface area contributed by atoms with Crippen LogP contribution < -0.4 is 9.47 Å². The van der Waals surface area contributed by atoms with Crippen molar-refractivity contribution >= 4 is 0 Å². The zero-order valence-electron chi connectivity index (χ0n) is 10.1. The monoisotopic (exact) mass is 254 g/mol. The molecule has 4 heteroatoms. The summed E-state index contributed by atoms with van der Waals surface area (Å²) in [5.74, 6) is -1.40. The van der Waals surface area contributed by atoms with Crippen LogP contribution in [0.4, 0.5) is 8.78 Å². The van der Waals surface area contributed by atoms with Crippen LogP contribution in [0.2, 0.25) is 0 Å². The van der Waals surface area contributed by atoms with Crippen LogP contribution in [0.1, 0.15) is 32.1 Å². The second-order valence-electron chi connectivity index (χ2n) is 5.11. The van der Waals surface area contributed by atoms with Gasteiger partial charge in [-0.3, -0.25) is 0 Å². The van der Waals surface area contributed by atoms with Gasteiger partial charge in [-0.1, -0.05) is 6.42 Å². The highest BCUT2D eigenvalue weighted by Crippen LogP contribution is 2.33. The predicted molar refractivity (Wildman–Crippen MR) is 62.8 cm³/mol. The molecule has 2 aliphatic carbocycles. The van der Waals surface area contributed by atoms with E-state index in [1.807, 2.05) is 0 Å². The summed E-state index contributed by atoms with van der Waals surface area (Å²) in [5.41, 5.74) is 0. The molecule has 1 aromatic carbocycles. The van der Waals surface area contributed by atoms with Crippen LogP contribution in [0.25, 0.3) is 0 Å². The molecular formula is C14H16F2O2. The quantitative estimate of drug-likeness (QED) is 0.798. The number of ether oxygens (including phenoxy) is 2. The minimum Gasteiger partial charge on any atom is -0.490 e. The first-order valence-corrected chi connectivity index (χ1v) is 6.51. The number of rotatable bonds is 5. The molecule has 18 heavy (non-hydrogen) atoms. The first-order valence-electron chi connectivity index (χ1n) is 6.51. The van der Waals surface area contributed by atoms with Crippen molar-refractivity contribution in [1.29, 1.82) is 0 Å². The fourth-order valence-electron chi connectivity index (χ4n) is 1.95. The summed E-state index contributed by atoms with van der Waals surface area (Å²) in [6, 6.07) is 2.90. The van der Waals surface area contributed by atoms with Gasteiger partial charge in [-0.05, 0) is 43.7 Å². The third-order valence-electron chi connectivity index (χ3n) is 3.53. The third kappa shape index (κ3) is 2.42. The van der Waals surface area contributed by atoms with Gasteiger partial charge in [-0.25, -0.2) is 0 Å². The molecule has 2 nitrogen and oxygen atoms in total. The molecule has 0 aromatic heterocycles. The number of benzene rings is 1. The summed E-state index contributed by atoms with van der Waals surface area (Å²) >= 11 is 0. The zero-order chi connectivity index (χ0) is 12.5. The summed E-state index contributed by atoms with van der Waals surface area (Å²) in [6.07, 6.45) is 5.33. The average Bonchev–Trinajstić information content (AvgIpc) is 3.10. The largest absolute Gasteiger partial charge is 0.490 e. The maximum Gasteiger partial charge on any atom is 0.204 e. The van der Waals surface area contributed by atoms with Crippen molar-refractivity contribution in [2.24, 2.45) is 5.92 Å². The second kappa shape index (κ2) is 4.75. The molecule has 0 unspecified atom stereocenters. The van der Waals surface area contributed by atoms with E-state index in [1.165, 1.54) is 18.6 Å². The highest BCUT2D eigenvalue weighted by Gasteiger charge is 2.26. The Balaban J connectivity index is 1.67. The zero-order valence-corrected chi connectivity index (χ0v) is 10.1. The molecule has 0 atom stereocenters. The first kappa shape index (κ1) is 11.8. The van der Waals surface area contributed by atoms with Crippen LogP contribution in [-0.4, -0.2) is 12.7 Å². The van der Waals surface area contributed by atoms with Crippen molar-refractivity contribution in [3.05, 3.63) is 23.8 Å². The standard InChI is InChI=1S/C14H16F2O2/c15-13-11(17-8-9-2-1-3-9)6-7-12(14(13)16)18-10-4-5-10/h6-7,9-10H,1-5,8H2. The van der Waals surface area contributed by atoms with Crippen molar-refractivity contribution in [1.82, 2.24) is 0 Å². The molecule has 98 valence electrons. The van der Waals surface area contributed by atoms with E-state index >= 15 is 0 Å². The lowest BCUT2D eigenvalue weighted by atomic mass is 9.86. The Morgan fingerprint density at radius 2 is 1.67 bits per heavy atom. The molecule has 3 rings (SSSR count). The number of halogens is 2. The van der Waals surface area contributed by atoms with E-state index in [0.29, 0.717) is 12.5 Å². The number of hydrogen-bond donors (Lipinski definition) is 0. The van der Waals surface area contributed by atoms with E-state index in [4.69, 9.17) is 9.47 Å². The molecule has 0 saturated heterocycles. The summed E-state index contributed by atoms with van der Waals surface area (Å²) in [4.78, 5) is 0. The van der Waals surface area contributed by atoms with Gasteiger partial charge in [0.05, 0.1) is 12.7 Å². The van der Waals surface area contributed by atoms with E-state index in [1.54, 1.807) is 0 Å². The van der Waals surface area contributed by atoms with E-state index in [-0.39, 0.29) is 17.6 Å². The maximum absolute atomic E-state index is 13.7. The maximum atomic E-state index is 13.7. The molecule has 0 amide bonds. The third-order valence-corrected chi connectivity index (χ3v) is 3.53. The highest BCUT2D eigenvalue weighted by atomic mass is 19.2. The Bertz CT molecular complexity index is 440. The Kier molecular flexibility index (Phi) is 3.10. The van der Waals surface area contributed by atoms with Crippen LogP contribution in [0.5, 0.6) is 11.5 Å². The summed E-state index contributed by atoms with van der Waals surface area (Å²) in [7, 11) is 0. The van der Waals surface area contributed by atoms with E-state index in [0.717, 1.165) is 25.7 Å². The van der Waals surface area contributed by atoms with Crippen molar-refractivity contribution in [3.63, 3.8) is 0 Å². The Hall–Kier alpha value is -1.32. The summed E-state index contributed by atoms with van der Waals surface area (Å²) in [6.45, 7) is 0.471. The molecule has 2 saturated carbocycles. The highest BCUT2D eigenvalue weighted by molar-refractivity contribution is 5.35. The van der Waals surface area contributed by atoms with Crippen molar-refractivity contribution in [2.45, 2.75) is 38.2 Å². The Labute approximate surface area is 105 Å². The van der Waals surface area contributed by atoms with Gasteiger partial charge in [-0.2, -0.15) is 8.78 Å². The molecule has 1 aromatic rings. The fraction of sp³-hybridized carbons (Fsp3) is 0.571. The average molecular weight is 254 g/mol. The van der Waals surface area contributed by atoms with Crippen LogP contribution >= 0.6 is 0 Å². The van der Waals surface area contributed by atoms with Crippen molar-refractivity contribution in [2.75, 3.05) is 6.61 Å². The fourth-order valence-corrected chi connectivity index (χ4v) is 1.95.